The number of carbonyl (C=O) groups is 1. The minimum absolute atomic E-state index is 0.0549. The Labute approximate surface area is 190 Å². The monoisotopic (exact) mass is 472 g/mol. The Bertz CT molecular complexity index is 1440. The Morgan fingerprint density at radius 1 is 1.18 bits per heavy atom. The molecule has 0 bridgehead atoms. The van der Waals surface area contributed by atoms with Gasteiger partial charge in [0.15, 0.2) is 5.52 Å². The molecule has 176 valence electrons. The summed E-state index contributed by atoms with van der Waals surface area (Å²) >= 11 is 0. The Morgan fingerprint density at radius 3 is 2.62 bits per heavy atom. The molecule has 0 spiro atoms. The number of amides is 1. The number of carbonyl (C=O) groups excluding carboxylic acids is 1. The first-order valence-corrected chi connectivity index (χ1v) is 10.1. The van der Waals surface area contributed by atoms with E-state index in [-0.39, 0.29) is 5.52 Å². The number of ether oxygens (including phenoxy) is 1. The van der Waals surface area contributed by atoms with Gasteiger partial charge >= 0.3 is 6.18 Å². The van der Waals surface area contributed by atoms with Crippen LogP contribution in [0.15, 0.2) is 57.8 Å². The maximum atomic E-state index is 13.3. The third kappa shape index (κ3) is 4.12. The lowest BCUT2D eigenvalue weighted by molar-refractivity contribution is -0.137. The molecule has 11 heteroatoms. The van der Waals surface area contributed by atoms with E-state index in [1.54, 1.807) is 31.2 Å². The van der Waals surface area contributed by atoms with E-state index in [0.29, 0.717) is 28.2 Å². The maximum Gasteiger partial charge on any atom is 0.418 e. The first kappa shape index (κ1) is 23.0. The SMILES string of the molecule is COc1cccc(-c2nn([C@@H](C)C(=O)Nc3ccccc3C(F)(F)F)c(=O)c3noc(C)c23)c1. The van der Waals surface area contributed by atoms with Crippen LogP contribution in [0.25, 0.3) is 22.2 Å². The lowest BCUT2D eigenvalue weighted by Crippen LogP contribution is -2.34. The third-order valence-corrected chi connectivity index (χ3v) is 5.30. The first-order chi connectivity index (χ1) is 16.1. The normalized spacial score (nSPS) is 12.5. The van der Waals surface area contributed by atoms with Crippen molar-refractivity contribution in [3.05, 3.63) is 70.2 Å². The van der Waals surface area contributed by atoms with Crippen LogP contribution in [0.1, 0.15) is 24.3 Å². The second kappa shape index (κ2) is 8.65. The number of anilines is 1. The molecule has 34 heavy (non-hydrogen) atoms. The number of benzene rings is 2. The van der Waals surface area contributed by atoms with E-state index in [1.165, 1.54) is 26.2 Å². The Kier molecular flexibility index (Phi) is 5.86. The molecule has 1 atom stereocenters. The average Bonchev–Trinajstić information content (AvgIpc) is 3.20. The zero-order chi connectivity index (χ0) is 24.6. The van der Waals surface area contributed by atoms with Crippen LogP contribution in [0.3, 0.4) is 0 Å². The lowest BCUT2D eigenvalue weighted by Gasteiger charge is -2.18. The number of methoxy groups -OCH3 is 1. The molecule has 0 aliphatic carbocycles. The number of halogens is 3. The fraction of sp³-hybridized carbons (Fsp3) is 0.217. The zero-order valence-corrected chi connectivity index (χ0v) is 18.3. The number of rotatable bonds is 5. The number of aromatic nitrogens is 3. The quantitative estimate of drug-likeness (QED) is 0.456. The molecular formula is C23H19F3N4O4. The number of nitrogens with one attached hydrogen (secondary N) is 1. The zero-order valence-electron chi connectivity index (χ0n) is 18.3. The van der Waals surface area contributed by atoms with Crippen LogP contribution in [0.4, 0.5) is 18.9 Å². The van der Waals surface area contributed by atoms with Crippen LogP contribution in [-0.4, -0.2) is 28.0 Å². The summed E-state index contributed by atoms with van der Waals surface area (Å²) in [6.45, 7) is 2.97. The fourth-order valence-electron chi connectivity index (χ4n) is 3.53. The largest absolute Gasteiger partial charge is 0.497 e. The molecule has 0 saturated carbocycles. The van der Waals surface area contributed by atoms with E-state index in [2.05, 4.69) is 15.6 Å². The highest BCUT2D eigenvalue weighted by Gasteiger charge is 2.34. The molecule has 8 nitrogen and oxygen atoms in total. The third-order valence-electron chi connectivity index (χ3n) is 5.30. The standard InChI is InChI=1S/C23H19F3N4O4/c1-12(21(31)27-17-10-5-4-9-16(17)23(24,25)26)30-22(32)20-18(13(2)34-29-20)19(28-30)14-7-6-8-15(11-14)33-3/h4-12H,1-3H3,(H,27,31)/t12-/m0/s1. The second-order valence-corrected chi connectivity index (χ2v) is 7.50. The molecule has 2 heterocycles. The van der Waals surface area contributed by atoms with E-state index in [0.717, 1.165) is 16.8 Å². The van der Waals surface area contributed by atoms with Crippen molar-refractivity contribution in [1.29, 1.82) is 0 Å². The van der Waals surface area contributed by atoms with Gasteiger partial charge in [0.05, 0.1) is 23.7 Å². The molecule has 1 amide bonds. The van der Waals surface area contributed by atoms with Crippen molar-refractivity contribution < 1.29 is 27.2 Å². The van der Waals surface area contributed by atoms with Crippen molar-refractivity contribution in [2.24, 2.45) is 0 Å². The number of nitrogens with zero attached hydrogens (tertiary/aromatic N) is 3. The topological polar surface area (TPSA) is 99.2 Å². The van der Waals surface area contributed by atoms with Gasteiger partial charge in [0.1, 0.15) is 23.2 Å². The summed E-state index contributed by atoms with van der Waals surface area (Å²) in [6.07, 6.45) is -4.67. The molecule has 4 rings (SSSR count). The average molecular weight is 472 g/mol. The predicted octanol–water partition coefficient (Wildman–Crippen LogP) is 4.59. The molecule has 0 radical (unpaired) electrons. The van der Waals surface area contributed by atoms with Crippen molar-refractivity contribution in [1.82, 2.24) is 14.9 Å². The van der Waals surface area contributed by atoms with Gasteiger partial charge in [0.25, 0.3) is 5.56 Å². The van der Waals surface area contributed by atoms with E-state index in [1.807, 2.05) is 0 Å². The number of alkyl halides is 3. The van der Waals surface area contributed by atoms with Crippen LogP contribution in [0.5, 0.6) is 5.75 Å². The Hall–Kier alpha value is -4.15. The number of hydrogen-bond donors (Lipinski definition) is 1. The Morgan fingerprint density at radius 2 is 1.91 bits per heavy atom. The lowest BCUT2D eigenvalue weighted by atomic mass is 10.1. The van der Waals surface area contributed by atoms with Crippen molar-refractivity contribution >= 4 is 22.5 Å². The minimum Gasteiger partial charge on any atom is -0.497 e. The van der Waals surface area contributed by atoms with Gasteiger partial charge in [-0.1, -0.05) is 29.4 Å². The number of para-hydroxylation sites is 1. The van der Waals surface area contributed by atoms with Gasteiger partial charge in [-0.05, 0) is 38.1 Å². The second-order valence-electron chi connectivity index (χ2n) is 7.50. The van der Waals surface area contributed by atoms with Gasteiger partial charge in [-0.3, -0.25) is 9.59 Å². The van der Waals surface area contributed by atoms with Crippen LogP contribution >= 0.6 is 0 Å². The molecule has 0 unspecified atom stereocenters. The van der Waals surface area contributed by atoms with Crippen LogP contribution in [-0.2, 0) is 11.0 Å². The maximum absolute atomic E-state index is 13.3. The molecular weight excluding hydrogens is 453 g/mol. The van der Waals surface area contributed by atoms with Gasteiger partial charge < -0.3 is 14.6 Å². The van der Waals surface area contributed by atoms with E-state index in [9.17, 15) is 22.8 Å². The Balaban J connectivity index is 1.80. The van der Waals surface area contributed by atoms with Gasteiger partial charge in [0.2, 0.25) is 5.91 Å². The number of hydrogen-bond acceptors (Lipinski definition) is 6. The van der Waals surface area contributed by atoms with E-state index >= 15 is 0 Å². The highest BCUT2D eigenvalue weighted by atomic mass is 19.4. The fourth-order valence-corrected chi connectivity index (χ4v) is 3.53. The molecule has 0 aliphatic heterocycles. The number of aryl methyl sites for hydroxylation is 1. The first-order valence-electron chi connectivity index (χ1n) is 10.1. The summed E-state index contributed by atoms with van der Waals surface area (Å²) in [5.74, 6) is 0.0251. The van der Waals surface area contributed by atoms with Gasteiger partial charge in [0, 0.05) is 5.56 Å². The number of fused-ring (bicyclic) bond motifs is 1. The van der Waals surface area contributed by atoms with Gasteiger partial charge in [-0.15, -0.1) is 0 Å². The van der Waals surface area contributed by atoms with Crippen LogP contribution < -0.4 is 15.6 Å². The highest BCUT2D eigenvalue weighted by Crippen LogP contribution is 2.35. The smallest absolute Gasteiger partial charge is 0.418 e. The summed E-state index contributed by atoms with van der Waals surface area (Å²) in [7, 11) is 1.50. The molecule has 2 aromatic carbocycles. The van der Waals surface area contributed by atoms with Crippen molar-refractivity contribution in [3.63, 3.8) is 0 Å². The van der Waals surface area contributed by atoms with Crippen molar-refractivity contribution in [2.75, 3.05) is 12.4 Å². The van der Waals surface area contributed by atoms with E-state index < -0.39 is 34.9 Å². The van der Waals surface area contributed by atoms with Gasteiger partial charge in [-0.2, -0.15) is 18.3 Å². The highest BCUT2D eigenvalue weighted by molar-refractivity contribution is 5.96. The molecule has 1 N–H and O–H groups in total. The van der Waals surface area contributed by atoms with Crippen molar-refractivity contribution in [2.45, 2.75) is 26.1 Å². The summed E-state index contributed by atoms with van der Waals surface area (Å²) in [5.41, 5.74) is -1.32. The molecule has 0 saturated heterocycles. The van der Waals surface area contributed by atoms with E-state index in [4.69, 9.17) is 9.26 Å². The van der Waals surface area contributed by atoms with Crippen LogP contribution in [0.2, 0.25) is 0 Å². The summed E-state index contributed by atoms with van der Waals surface area (Å²) < 4.78 is 51.3. The summed E-state index contributed by atoms with van der Waals surface area (Å²) in [5, 5.41) is 10.8. The predicted molar refractivity (Wildman–Crippen MR) is 118 cm³/mol. The minimum atomic E-state index is -4.67. The molecule has 4 aromatic rings. The van der Waals surface area contributed by atoms with Gasteiger partial charge in [-0.25, -0.2) is 4.68 Å². The van der Waals surface area contributed by atoms with Crippen LogP contribution in [0, 0.1) is 6.92 Å². The summed E-state index contributed by atoms with van der Waals surface area (Å²) in [4.78, 5) is 26.0. The molecule has 0 aliphatic rings. The van der Waals surface area contributed by atoms with Crippen molar-refractivity contribution in [3.8, 4) is 17.0 Å². The molecule has 2 aromatic heterocycles. The summed E-state index contributed by atoms with van der Waals surface area (Å²) in [6, 6.07) is 10.2. The molecule has 0 fully saturated rings.